The lowest BCUT2D eigenvalue weighted by atomic mass is 10.0. The zero-order valence-corrected chi connectivity index (χ0v) is 11.8. The van der Waals surface area contributed by atoms with Gasteiger partial charge in [-0.3, -0.25) is 0 Å². The lowest BCUT2D eigenvalue weighted by Crippen LogP contribution is -2.16. The lowest BCUT2D eigenvalue weighted by Gasteiger charge is -2.18. The number of unbranched alkanes of at least 4 members (excludes halogenated alkanes) is 1. The fourth-order valence-electron chi connectivity index (χ4n) is 1.78. The Balaban J connectivity index is 2.83. The second kappa shape index (κ2) is 6.92. The summed E-state index contributed by atoms with van der Waals surface area (Å²) in [5.74, 6) is 0.890. The number of methoxy groups -OCH3 is 1. The average Bonchev–Trinajstić information content (AvgIpc) is 2.31. The second-order valence-electron chi connectivity index (χ2n) is 3.87. The third-order valence-electron chi connectivity index (χ3n) is 2.78. The van der Waals surface area contributed by atoms with Crippen molar-refractivity contribution in [3.63, 3.8) is 0 Å². The van der Waals surface area contributed by atoms with Crippen LogP contribution in [0.5, 0.6) is 5.75 Å². The molecule has 1 aromatic carbocycles. The van der Waals surface area contributed by atoms with E-state index in [0.717, 1.165) is 16.6 Å². The smallest absolute Gasteiger partial charge is 0.120 e. The molecule has 0 fully saturated rings. The van der Waals surface area contributed by atoms with E-state index in [1.165, 1.54) is 18.4 Å². The topological polar surface area (TPSA) is 21.3 Å². The summed E-state index contributed by atoms with van der Waals surface area (Å²) in [4.78, 5) is 0. The Kier molecular flexibility index (Phi) is 5.85. The van der Waals surface area contributed by atoms with Crippen LogP contribution in [-0.2, 0) is 0 Å². The van der Waals surface area contributed by atoms with E-state index in [4.69, 9.17) is 4.74 Å². The molecule has 1 unspecified atom stereocenters. The first-order chi connectivity index (χ1) is 7.72. The standard InChI is InChI=1S/C13H20BrNO/c1-4-5-6-13(15-2)11-8-7-10(16-3)9-12(11)14/h7-9,13,15H,4-6H2,1-3H3. The van der Waals surface area contributed by atoms with Gasteiger partial charge in [0.2, 0.25) is 0 Å². The van der Waals surface area contributed by atoms with Crippen LogP contribution in [0.15, 0.2) is 22.7 Å². The highest BCUT2D eigenvalue weighted by Gasteiger charge is 2.12. The molecule has 0 aliphatic heterocycles. The summed E-state index contributed by atoms with van der Waals surface area (Å²) >= 11 is 3.60. The van der Waals surface area contributed by atoms with Crippen molar-refractivity contribution in [3.8, 4) is 5.75 Å². The van der Waals surface area contributed by atoms with Gasteiger partial charge in [0, 0.05) is 10.5 Å². The third-order valence-corrected chi connectivity index (χ3v) is 3.46. The largest absolute Gasteiger partial charge is 0.497 e. The van der Waals surface area contributed by atoms with Crippen LogP contribution >= 0.6 is 15.9 Å². The highest BCUT2D eigenvalue weighted by Crippen LogP contribution is 2.29. The number of hydrogen-bond acceptors (Lipinski definition) is 2. The Morgan fingerprint density at radius 3 is 2.69 bits per heavy atom. The Morgan fingerprint density at radius 1 is 1.44 bits per heavy atom. The minimum Gasteiger partial charge on any atom is -0.497 e. The molecule has 0 radical (unpaired) electrons. The summed E-state index contributed by atoms with van der Waals surface area (Å²) in [5.41, 5.74) is 1.30. The van der Waals surface area contributed by atoms with Crippen LogP contribution in [0.4, 0.5) is 0 Å². The zero-order chi connectivity index (χ0) is 12.0. The number of nitrogens with one attached hydrogen (secondary N) is 1. The number of rotatable bonds is 6. The molecule has 3 heteroatoms. The number of ether oxygens (including phenoxy) is 1. The summed E-state index contributed by atoms with van der Waals surface area (Å²) in [5, 5.41) is 3.36. The molecule has 0 saturated heterocycles. The van der Waals surface area contributed by atoms with E-state index < -0.39 is 0 Å². The fraction of sp³-hybridized carbons (Fsp3) is 0.538. The molecule has 1 N–H and O–H groups in total. The molecule has 0 saturated carbocycles. The van der Waals surface area contributed by atoms with Crippen molar-refractivity contribution in [2.45, 2.75) is 32.2 Å². The van der Waals surface area contributed by atoms with Crippen molar-refractivity contribution in [2.24, 2.45) is 0 Å². The Morgan fingerprint density at radius 2 is 2.19 bits per heavy atom. The van der Waals surface area contributed by atoms with Crippen LogP contribution in [0.3, 0.4) is 0 Å². The highest BCUT2D eigenvalue weighted by atomic mass is 79.9. The Bertz CT molecular complexity index is 328. The maximum atomic E-state index is 5.19. The van der Waals surface area contributed by atoms with E-state index in [1.54, 1.807) is 7.11 Å². The number of halogens is 1. The van der Waals surface area contributed by atoms with Gasteiger partial charge in [0.05, 0.1) is 7.11 Å². The minimum atomic E-state index is 0.417. The predicted octanol–water partition coefficient (Wildman–Crippen LogP) is 3.91. The van der Waals surface area contributed by atoms with Crippen molar-refractivity contribution >= 4 is 15.9 Å². The summed E-state index contributed by atoms with van der Waals surface area (Å²) in [6.45, 7) is 2.22. The second-order valence-corrected chi connectivity index (χ2v) is 4.73. The zero-order valence-electron chi connectivity index (χ0n) is 10.2. The van der Waals surface area contributed by atoms with Crippen LogP contribution < -0.4 is 10.1 Å². The van der Waals surface area contributed by atoms with Gasteiger partial charge >= 0.3 is 0 Å². The molecule has 0 aromatic heterocycles. The monoisotopic (exact) mass is 285 g/mol. The van der Waals surface area contributed by atoms with Crippen molar-refractivity contribution < 1.29 is 4.74 Å². The molecule has 0 bridgehead atoms. The Labute approximate surface area is 107 Å². The van der Waals surface area contributed by atoms with Crippen LogP contribution in [0.1, 0.15) is 37.8 Å². The van der Waals surface area contributed by atoms with Crippen molar-refractivity contribution in [2.75, 3.05) is 14.2 Å². The van der Waals surface area contributed by atoms with Crippen molar-refractivity contribution in [1.29, 1.82) is 0 Å². The van der Waals surface area contributed by atoms with Gasteiger partial charge in [-0.05, 0) is 31.2 Å². The van der Waals surface area contributed by atoms with E-state index in [0.29, 0.717) is 6.04 Å². The molecule has 1 atom stereocenters. The molecular weight excluding hydrogens is 266 g/mol. The van der Waals surface area contributed by atoms with E-state index >= 15 is 0 Å². The van der Waals surface area contributed by atoms with Crippen LogP contribution in [0.2, 0.25) is 0 Å². The average molecular weight is 286 g/mol. The molecule has 2 nitrogen and oxygen atoms in total. The van der Waals surface area contributed by atoms with Gasteiger partial charge in [-0.2, -0.15) is 0 Å². The normalized spacial score (nSPS) is 12.5. The van der Waals surface area contributed by atoms with Gasteiger partial charge in [0.25, 0.3) is 0 Å². The quantitative estimate of drug-likeness (QED) is 0.856. The molecular formula is C13H20BrNO. The van der Waals surface area contributed by atoms with Gasteiger partial charge < -0.3 is 10.1 Å². The van der Waals surface area contributed by atoms with Gasteiger partial charge in [-0.15, -0.1) is 0 Å². The molecule has 16 heavy (non-hydrogen) atoms. The molecule has 0 aliphatic carbocycles. The van der Waals surface area contributed by atoms with E-state index in [2.05, 4.69) is 34.2 Å². The summed E-state index contributed by atoms with van der Waals surface area (Å²) in [6, 6.07) is 6.57. The first-order valence-corrected chi connectivity index (χ1v) is 6.53. The lowest BCUT2D eigenvalue weighted by molar-refractivity contribution is 0.413. The number of benzene rings is 1. The van der Waals surface area contributed by atoms with Gasteiger partial charge in [-0.25, -0.2) is 0 Å². The highest BCUT2D eigenvalue weighted by molar-refractivity contribution is 9.10. The fourth-order valence-corrected chi connectivity index (χ4v) is 2.42. The van der Waals surface area contributed by atoms with E-state index in [1.807, 2.05) is 19.2 Å². The first-order valence-electron chi connectivity index (χ1n) is 5.73. The van der Waals surface area contributed by atoms with Crippen LogP contribution in [0.25, 0.3) is 0 Å². The molecule has 0 amide bonds. The summed E-state index contributed by atoms with van der Waals surface area (Å²) in [6.07, 6.45) is 3.63. The van der Waals surface area contributed by atoms with E-state index in [-0.39, 0.29) is 0 Å². The van der Waals surface area contributed by atoms with Crippen molar-refractivity contribution in [3.05, 3.63) is 28.2 Å². The van der Waals surface area contributed by atoms with E-state index in [9.17, 15) is 0 Å². The maximum Gasteiger partial charge on any atom is 0.120 e. The molecule has 1 rings (SSSR count). The van der Waals surface area contributed by atoms with Gasteiger partial charge in [0.1, 0.15) is 5.75 Å². The summed E-state index contributed by atoms with van der Waals surface area (Å²) < 4.78 is 6.31. The minimum absolute atomic E-state index is 0.417. The molecule has 90 valence electrons. The summed E-state index contributed by atoms with van der Waals surface area (Å²) in [7, 11) is 3.70. The SMILES string of the molecule is CCCCC(NC)c1ccc(OC)cc1Br. The molecule has 0 aliphatic rings. The van der Waals surface area contributed by atoms with Gasteiger partial charge in [-0.1, -0.05) is 41.8 Å². The molecule has 0 spiro atoms. The van der Waals surface area contributed by atoms with Crippen molar-refractivity contribution in [1.82, 2.24) is 5.32 Å². The number of hydrogen-bond donors (Lipinski definition) is 1. The Hall–Kier alpha value is -0.540. The maximum absolute atomic E-state index is 5.19. The predicted molar refractivity (Wildman–Crippen MR) is 72.0 cm³/mol. The van der Waals surface area contributed by atoms with Crippen LogP contribution in [-0.4, -0.2) is 14.2 Å². The first kappa shape index (κ1) is 13.5. The van der Waals surface area contributed by atoms with Crippen LogP contribution in [0, 0.1) is 0 Å². The molecule has 1 aromatic rings. The van der Waals surface area contributed by atoms with Gasteiger partial charge in [0.15, 0.2) is 0 Å². The molecule has 0 heterocycles. The third kappa shape index (κ3) is 3.49.